The van der Waals surface area contributed by atoms with Gasteiger partial charge in [-0.3, -0.25) is 0 Å². The van der Waals surface area contributed by atoms with E-state index in [1.165, 1.54) is 4.90 Å². The predicted molar refractivity (Wildman–Crippen MR) is 58.2 cm³/mol. The number of pyridine rings is 1. The van der Waals surface area contributed by atoms with Crippen molar-refractivity contribution in [1.29, 1.82) is 5.26 Å². The number of hydrogen-bond donors (Lipinski definition) is 1. The molecule has 0 aliphatic carbocycles. The van der Waals surface area contributed by atoms with Gasteiger partial charge in [0.15, 0.2) is 0 Å². The van der Waals surface area contributed by atoms with Crippen LogP contribution in [0, 0.1) is 11.3 Å². The molecule has 1 saturated heterocycles. The maximum atomic E-state index is 10.5. The third-order valence-electron chi connectivity index (χ3n) is 2.27. The molecule has 5 nitrogen and oxygen atoms in total. The molecule has 1 aromatic heterocycles. The molecule has 2 heterocycles. The van der Waals surface area contributed by atoms with E-state index in [4.69, 9.17) is 10.4 Å². The first kappa shape index (κ1) is 10.8. The van der Waals surface area contributed by atoms with Crippen LogP contribution in [0.2, 0.25) is 0 Å². The number of nitrogens with zero attached hydrogens (tertiary/aromatic N) is 3. The van der Waals surface area contributed by atoms with Crippen LogP contribution in [0.25, 0.3) is 0 Å². The van der Waals surface area contributed by atoms with Crippen LogP contribution in [-0.4, -0.2) is 39.4 Å². The van der Waals surface area contributed by atoms with E-state index in [0.717, 1.165) is 4.90 Å². The normalized spacial score (nSPS) is 15.3. The van der Waals surface area contributed by atoms with E-state index in [-0.39, 0.29) is 0 Å². The Hall–Kier alpha value is -1.74. The molecule has 2 rings (SSSR count). The highest BCUT2D eigenvalue weighted by Crippen LogP contribution is 2.29. The lowest BCUT2D eigenvalue weighted by Crippen LogP contribution is -2.51. The van der Waals surface area contributed by atoms with Gasteiger partial charge in [0.05, 0.1) is 0 Å². The van der Waals surface area contributed by atoms with Gasteiger partial charge in [0, 0.05) is 29.4 Å². The van der Waals surface area contributed by atoms with E-state index in [1.807, 2.05) is 12.1 Å². The van der Waals surface area contributed by atoms with Crippen LogP contribution in [0.15, 0.2) is 23.2 Å². The molecule has 6 heteroatoms. The summed E-state index contributed by atoms with van der Waals surface area (Å²) in [5, 5.41) is 17.5. The molecule has 0 bridgehead atoms. The molecule has 0 unspecified atom stereocenters. The fourth-order valence-electron chi connectivity index (χ4n) is 1.38. The molecule has 1 amide bonds. The Morgan fingerprint density at radius 3 is 2.88 bits per heavy atom. The zero-order chi connectivity index (χ0) is 11.5. The molecule has 16 heavy (non-hydrogen) atoms. The van der Waals surface area contributed by atoms with E-state index in [2.05, 4.69) is 4.98 Å². The number of thioether (sulfide) groups is 1. The highest BCUT2D eigenvalue weighted by molar-refractivity contribution is 8.00. The van der Waals surface area contributed by atoms with Crippen LogP contribution in [-0.2, 0) is 0 Å². The number of aromatic nitrogens is 1. The summed E-state index contributed by atoms with van der Waals surface area (Å²) in [6, 6.07) is 5.45. The number of amides is 1. The molecule has 0 radical (unpaired) electrons. The zero-order valence-corrected chi connectivity index (χ0v) is 9.15. The van der Waals surface area contributed by atoms with Crippen LogP contribution in [0.1, 0.15) is 5.69 Å². The summed E-state index contributed by atoms with van der Waals surface area (Å²) in [5.74, 6) is 0. The van der Waals surface area contributed by atoms with E-state index in [0.29, 0.717) is 24.0 Å². The van der Waals surface area contributed by atoms with Gasteiger partial charge in [-0.1, -0.05) is 0 Å². The summed E-state index contributed by atoms with van der Waals surface area (Å²) in [4.78, 5) is 16.8. The summed E-state index contributed by atoms with van der Waals surface area (Å²) in [7, 11) is 0. The number of carbonyl (C=O) groups is 1. The Morgan fingerprint density at radius 1 is 1.62 bits per heavy atom. The first-order valence-electron chi connectivity index (χ1n) is 4.69. The summed E-state index contributed by atoms with van der Waals surface area (Å²) in [6.45, 7) is 1.11. The van der Waals surface area contributed by atoms with Crippen molar-refractivity contribution >= 4 is 17.9 Å². The molecule has 1 aliphatic heterocycles. The van der Waals surface area contributed by atoms with Gasteiger partial charge in [0.1, 0.15) is 11.8 Å². The van der Waals surface area contributed by atoms with Crippen LogP contribution >= 0.6 is 11.8 Å². The Bertz CT molecular complexity index is 434. The smallest absolute Gasteiger partial charge is 0.407 e. The van der Waals surface area contributed by atoms with Gasteiger partial charge < -0.3 is 10.0 Å². The second-order valence-electron chi connectivity index (χ2n) is 3.42. The fourth-order valence-corrected chi connectivity index (χ4v) is 2.53. The molecule has 0 saturated carbocycles. The fraction of sp³-hybridized carbons (Fsp3) is 0.300. The first-order chi connectivity index (χ1) is 7.69. The van der Waals surface area contributed by atoms with Crippen LogP contribution in [0.5, 0.6) is 0 Å². The quantitative estimate of drug-likeness (QED) is 0.838. The molecule has 1 aromatic rings. The van der Waals surface area contributed by atoms with Gasteiger partial charge in [0.2, 0.25) is 0 Å². The van der Waals surface area contributed by atoms with Crippen molar-refractivity contribution in [3.05, 3.63) is 24.0 Å². The number of nitriles is 1. The average molecular weight is 235 g/mol. The Labute approximate surface area is 96.7 Å². The lowest BCUT2D eigenvalue weighted by molar-refractivity contribution is 0.121. The van der Waals surface area contributed by atoms with E-state index < -0.39 is 6.09 Å². The highest BCUT2D eigenvalue weighted by atomic mass is 32.2. The van der Waals surface area contributed by atoms with E-state index in [1.54, 1.807) is 24.0 Å². The first-order valence-corrected chi connectivity index (χ1v) is 5.57. The van der Waals surface area contributed by atoms with Crippen molar-refractivity contribution in [2.24, 2.45) is 0 Å². The van der Waals surface area contributed by atoms with Crippen LogP contribution in [0.3, 0.4) is 0 Å². The van der Waals surface area contributed by atoms with Crippen molar-refractivity contribution in [3.63, 3.8) is 0 Å². The molecule has 0 atom stereocenters. The predicted octanol–water partition coefficient (Wildman–Crippen LogP) is 1.41. The van der Waals surface area contributed by atoms with Gasteiger partial charge in [-0.25, -0.2) is 9.78 Å². The molecule has 1 N–H and O–H groups in total. The maximum absolute atomic E-state index is 10.5. The van der Waals surface area contributed by atoms with Gasteiger partial charge in [0.25, 0.3) is 0 Å². The van der Waals surface area contributed by atoms with Gasteiger partial charge in [-0.2, -0.15) is 5.26 Å². The lowest BCUT2D eigenvalue weighted by atomic mass is 10.2. The SMILES string of the molecule is N#Cc1ccc(SC2CN(C(=O)O)C2)cn1. The summed E-state index contributed by atoms with van der Waals surface area (Å²) < 4.78 is 0. The van der Waals surface area contributed by atoms with Crippen molar-refractivity contribution in [3.8, 4) is 6.07 Å². The monoisotopic (exact) mass is 235 g/mol. The summed E-state index contributed by atoms with van der Waals surface area (Å²) >= 11 is 1.59. The number of carboxylic acid groups (broad SMARTS) is 1. The van der Waals surface area contributed by atoms with Crippen molar-refractivity contribution < 1.29 is 9.90 Å². The molecule has 82 valence electrons. The van der Waals surface area contributed by atoms with Crippen molar-refractivity contribution in [2.45, 2.75) is 10.1 Å². The van der Waals surface area contributed by atoms with E-state index in [9.17, 15) is 4.79 Å². The zero-order valence-electron chi connectivity index (χ0n) is 8.33. The molecular weight excluding hydrogens is 226 g/mol. The minimum absolute atomic E-state index is 0.297. The van der Waals surface area contributed by atoms with Crippen molar-refractivity contribution in [1.82, 2.24) is 9.88 Å². The maximum Gasteiger partial charge on any atom is 0.407 e. The van der Waals surface area contributed by atoms with Crippen molar-refractivity contribution in [2.75, 3.05) is 13.1 Å². The molecule has 0 spiro atoms. The minimum atomic E-state index is -0.866. The summed E-state index contributed by atoms with van der Waals surface area (Å²) in [5.41, 5.74) is 0.394. The Kier molecular flexibility index (Phi) is 2.97. The molecule has 1 fully saturated rings. The second-order valence-corrected chi connectivity index (χ2v) is 4.79. The summed E-state index contributed by atoms with van der Waals surface area (Å²) in [6.07, 6.45) is 0.780. The third kappa shape index (κ3) is 2.25. The molecule has 1 aliphatic rings. The minimum Gasteiger partial charge on any atom is -0.465 e. The topological polar surface area (TPSA) is 77.2 Å². The van der Waals surface area contributed by atoms with Gasteiger partial charge in [-0.05, 0) is 12.1 Å². The Balaban J connectivity index is 1.87. The number of likely N-dealkylation sites (tertiary alicyclic amines) is 1. The van der Waals surface area contributed by atoms with E-state index >= 15 is 0 Å². The average Bonchev–Trinajstić information content (AvgIpc) is 2.23. The standard InChI is InChI=1S/C10H9N3O2S/c11-3-7-1-2-8(4-12-7)16-9-5-13(6-9)10(14)15/h1-2,4,9H,5-6H2,(H,14,15). The lowest BCUT2D eigenvalue weighted by Gasteiger charge is -2.36. The third-order valence-corrected chi connectivity index (χ3v) is 3.42. The largest absolute Gasteiger partial charge is 0.465 e. The number of rotatable bonds is 2. The second kappa shape index (κ2) is 4.41. The van der Waals surface area contributed by atoms with Crippen LogP contribution in [0.4, 0.5) is 4.79 Å². The molecule has 0 aromatic carbocycles. The molecular formula is C10H9N3O2S. The van der Waals surface area contributed by atoms with Gasteiger partial charge in [-0.15, -0.1) is 11.8 Å². The van der Waals surface area contributed by atoms with Gasteiger partial charge >= 0.3 is 6.09 Å². The Morgan fingerprint density at radius 2 is 2.38 bits per heavy atom. The number of hydrogen-bond acceptors (Lipinski definition) is 4. The van der Waals surface area contributed by atoms with Crippen LogP contribution < -0.4 is 0 Å². The highest BCUT2D eigenvalue weighted by Gasteiger charge is 2.30.